The highest BCUT2D eigenvalue weighted by Gasteiger charge is 2.26. The first kappa shape index (κ1) is 13.4. The largest absolute Gasteiger partial charge is 0.341 e. The molecule has 106 valence electrons. The number of fused-ring (bicyclic) bond motifs is 1. The number of imidazole rings is 1. The van der Waals surface area contributed by atoms with Crippen molar-refractivity contribution in [2.45, 2.75) is 32.7 Å². The fourth-order valence-electron chi connectivity index (χ4n) is 2.99. The van der Waals surface area contributed by atoms with Crippen LogP contribution in [0.5, 0.6) is 0 Å². The maximum absolute atomic E-state index is 12.6. The number of aryl methyl sites for hydroxylation is 1. The van der Waals surface area contributed by atoms with Gasteiger partial charge >= 0.3 is 0 Å². The maximum atomic E-state index is 12.6. The molecule has 2 heterocycles. The van der Waals surface area contributed by atoms with Gasteiger partial charge in [-0.25, -0.2) is 0 Å². The summed E-state index contributed by atoms with van der Waals surface area (Å²) in [7, 11) is 0. The van der Waals surface area contributed by atoms with Crippen molar-refractivity contribution in [2.24, 2.45) is 0 Å². The Balaban J connectivity index is 2.05. The number of carbonyl (C=O) groups is 1. The molecule has 0 radical (unpaired) electrons. The molecule has 3 rings (SSSR count). The molecule has 1 aromatic carbocycles. The lowest BCUT2D eigenvalue weighted by atomic mass is 10.2. The van der Waals surface area contributed by atoms with E-state index >= 15 is 0 Å². The molecule has 1 amide bonds. The number of para-hydroxylation sites is 1. The third-order valence-electron chi connectivity index (χ3n) is 4.12. The number of aromatic amines is 1. The molecule has 5 heteroatoms. The van der Waals surface area contributed by atoms with E-state index in [0.29, 0.717) is 4.77 Å². The van der Waals surface area contributed by atoms with Gasteiger partial charge in [0.05, 0.1) is 11.0 Å². The van der Waals surface area contributed by atoms with E-state index < -0.39 is 0 Å². The minimum Gasteiger partial charge on any atom is -0.341 e. The predicted molar refractivity (Wildman–Crippen MR) is 82.4 cm³/mol. The van der Waals surface area contributed by atoms with Gasteiger partial charge in [-0.2, -0.15) is 0 Å². The maximum Gasteiger partial charge on any atom is 0.245 e. The zero-order valence-corrected chi connectivity index (χ0v) is 12.7. The van der Waals surface area contributed by atoms with E-state index in [9.17, 15) is 4.79 Å². The highest BCUT2D eigenvalue weighted by molar-refractivity contribution is 7.71. The fourth-order valence-corrected chi connectivity index (χ4v) is 3.35. The van der Waals surface area contributed by atoms with Crippen LogP contribution in [0.2, 0.25) is 0 Å². The Hall–Kier alpha value is -1.62. The lowest BCUT2D eigenvalue weighted by molar-refractivity contribution is -0.133. The predicted octanol–water partition coefficient (Wildman–Crippen LogP) is 3.19. The summed E-state index contributed by atoms with van der Waals surface area (Å²) in [5.74, 6) is 0.168. The van der Waals surface area contributed by atoms with E-state index in [2.05, 4.69) is 4.98 Å². The lowest BCUT2D eigenvalue weighted by Gasteiger charge is -2.21. The van der Waals surface area contributed by atoms with E-state index in [-0.39, 0.29) is 11.9 Å². The summed E-state index contributed by atoms with van der Waals surface area (Å²) in [6.07, 6.45) is 2.22. The molecule has 20 heavy (non-hydrogen) atoms. The summed E-state index contributed by atoms with van der Waals surface area (Å²) < 4.78 is 2.56. The van der Waals surface area contributed by atoms with Crippen LogP contribution in [0.1, 0.15) is 31.4 Å². The van der Waals surface area contributed by atoms with Crippen molar-refractivity contribution >= 4 is 29.2 Å². The Bertz CT molecular complexity index is 709. The fraction of sp³-hybridized carbons (Fsp3) is 0.467. The normalized spacial score (nSPS) is 16.8. The molecule has 4 nitrogen and oxygen atoms in total. The van der Waals surface area contributed by atoms with Gasteiger partial charge in [-0.15, -0.1) is 0 Å². The smallest absolute Gasteiger partial charge is 0.245 e. The van der Waals surface area contributed by atoms with Crippen LogP contribution in [0.15, 0.2) is 18.2 Å². The number of nitrogens with zero attached hydrogens (tertiary/aromatic N) is 2. The van der Waals surface area contributed by atoms with Crippen molar-refractivity contribution in [3.05, 3.63) is 28.5 Å². The molecule has 1 fully saturated rings. The summed E-state index contributed by atoms with van der Waals surface area (Å²) >= 11 is 5.42. The molecule has 1 unspecified atom stereocenters. The number of rotatable bonds is 2. The van der Waals surface area contributed by atoms with E-state index in [1.165, 1.54) is 0 Å². The van der Waals surface area contributed by atoms with E-state index in [1.54, 1.807) is 0 Å². The van der Waals surface area contributed by atoms with Crippen molar-refractivity contribution in [3.8, 4) is 0 Å². The molecule has 0 saturated carbocycles. The Morgan fingerprint density at radius 2 is 2.05 bits per heavy atom. The highest BCUT2D eigenvalue weighted by Crippen LogP contribution is 2.24. The van der Waals surface area contributed by atoms with Crippen LogP contribution in [0, 0.1) is 11.7 Å². The highest BCUT2D eigenvalue weighted by atomic mass is 32.1. The van der Waals surface area contributed by atoms with Crippen LogP contribution in [0.3, 0.4) is 0 Å². The van der Waals surface area contributed by atoms with Gasteiger partial charge in [0.2, 0.25) is 5.91 Å². The van der Waals surface area contributed by atoms with Crippen LogP contribution < -0.4 is 0 Å². The van der Waals surface area contributed by atoms with Crippen LogP contribution >= 0.6 is 12.2 Å². The first-order valence-corrected chi connectivity index (χ1v) is 7.49. The molecule has 1 aliphatic rings. The van der Waals surface area contributed by atoms with Gasteiger partial charge in [0.25, 0.3) is 0 Å². The molecule has 1 aliphatic heterocycles. The van der Waals surface area contributed by atoms with Gasteiger partial charge in [0, 0.05) is 13.1 Å². The Morgan fingerprint density at radius 3 is 2.75 bits per heavy atom. The first-order chi connectivity index (χ1) is 9.59. The van der Waals surface area contributed by atoms with Crippen LogP contribution in [0.25, 0.3) is 11.0 Å². The number of amides is 1. The summed E-state index contributed by atoms with van der Waals surface area (Å²) in [5.41, 5.74) is 3.18. The second kappa shape index (κ2) is 5.05. The minimum atomic E-state index is -0.254. The summed E-state index contributed by atoms with van der Waals surface area (Å²) in [6.45, 7) is 5.73. The quantitative estimate of drug-likeness (QED) is 0.863. The molecule has 1 aromatic heterocycles. The van der Waals surface area contributed by atoms with Crippen LogP contribution in [-0.4, -0.2) is 33.4 Å². The van der Waals surface area contributed by atoms with Gasteiger partial charge < -0.3 is 14.5 Å². The Labute approximate surface area is 123 Å². The van der Waals surface area contributed by atoms with Crippen LogP contribution in [-0.2, 0) is 4.79 Å². The van der Waals surface area contributed by atoms with Crippen molar-refractivity contribution in [2.75, 3.05) is 13.1 Å². The molecule has 2 aromatic rings. The van der Waals surface area contributed by atoms with Gasteiger partial charge in [-0.3, -0.25) is 4.79 Å². The third-order valence-corrected chi connectivity index (χ3v) is 4.42. The van der Waals surface area contributed by atoms with Gasteiger partial charge in [0.15, 0.2) is 4.77 Å². The van der Waals surface area contributed by atoms with Crippen molar-refractivity contribution in [1.82, 2.24) is 14.5 Å². The monoisotopic (exact) mass is 289 g/mol. The number of hydrogen-bond donors (Lipinski definition) is 1. The first-order valence-electron chi connectivity index (χ1n) is 7.08. The summed E-state index contributed by atoms with van der Waals surface area (Å²) in [4.78, 5) is 17.7. The number of likely N-dealkylation sites (tertiary alicyclic amines) is 1. The standard InChI is InChI=1S/C15H19N3OS/c1-10-6-5-7-12-13(10)16-15(20)18(12)11(2)14(19)17-8-3-4-9-17/h5-7,11H,3-4,8-9H2,1-2H3,(H,16,20). The summed E-state index contributed by atoms with van der Waals surface area (Å²) in [5, 5.41) is 0. The zero-order valence-electron chi connectivity index (χ0n) is 11.8. The third kappa shape index (κ3) is 2.06. The molecule has 0 aliphatic carbocycles. The SMILES string of the molecule is Cc1cccc2c1[nH]c(=S)n2C(C)C(=O)N1CCCC1. The van der Waals surface area contributed by atoms with Gasteiger partial charge in [-0.05, 0) is 50.5 Å². The molecule has 1 saturated heterocycles. The number of H-pyrrole nitrogens is 1. The number of hydrogen-bond acceptors (Lipinski definition) is 2. The van der Waals surface area contributed by atoms with Crippen molar-refractivity contribution in [1.29, 1.82) is 0 Å². The number of benzene rings is 1. The average molecular weight is 289 g/mol. The van der Waals surface area contributed by atoms with E-state index in [0.717, 1.165) is 42.5 Å². The molecular weight excluding hydrogens is 270 g/mol. The van der Waals surface area contributed by atoms with E-state index in [1.807, 2.05) is 41.5 Å². The van der Waals surface area contributed by atoms with Gasteiger partial charge in [-0.1, -0.05) is 12.1 Å². The number of nitrogens with one attached hydrogen (secondary N) is 1. The number of aromatic nitrogens is 2. The van der Waals surface area contributed by atoms with Crippen molar-refractivity contribution < 1.29 is 4.79 Å². The molecular formula is C15H19N3OS. The zero-order chi connectivity index (χ0) is 14.3. The molecule has 0 spiro atoms. The lowest BCUT2D eigenvalue weighted by Crippen LogP contribution is -2.34. The van der Waals surface area contributed by atoms with Gasteiger partial charge in [0.1, 0.15) is 6.04 Å². The Kier molecular flexibility index (Phi) is 3.38. The van der Waals surface area contributed by atoms with E-state index in [4.69, 9.17) is 12.2 Å². The van der Waals surface area contributed by atoms with Crippen LogP contribution in [0.4, 0.5) is 0 Å². The number of carbonyl (C=O) groups excluding carboxylic acids is 1. The minimum absolute atomic E-state index is 0.168. The average Bonchev–Trinajstić information content (AvgIpc) is 3.05. The molecule has 0 bridgehead atoms. The topological polar surface area (TPSA) is 41.0 Å². The van der Waals surface area contributed by atoms with Crippen molar-refractivity contribution in [3.63, 3.8) is 0 Å². The Morgan fingerprint density at radius 1 is 1.35 bits per heavy atom. The second-order valence-corrected chi connectivity index (χ2v) is 5.86. The molecule has 1 atom stereocenters. The summed E-state index contributed by atoms with van der Waals surface area (Å²) in [6, 6.07) is 5.81. The molecule has 1 N–H and O–H groups in total. The second-order valence-electron chi connectivity index (χ2n) is 5.48.